The first-order valence-corrected chi connectivity index (χ1v) is 8.77. The summed E-state index contributed by atoms with van der Waals surface area (Å²) in [4.78, 5) is 15.7. The fraction of sp³-hybridized carbons (Fsp3) is 0.765. The summed E-state index contributed by atoms with van der Waals surface area (Å²) >= 11 is 0. The van der Waals surface area contributed by atoms with Crippen molar-refractivity contribution in [1.29, 1.82) is 0 Å². The van der Waals surface area contributed by atoms with Crippen molar-refractivity contribution < 1.29 is 14.3 Å². The molecule has 7 nitrogen and oxygen atoms in total. The first-order valence-electron chi connectivity index (χ1n) is 8.77. The zero-order valence-corrected chi connectivity index (χ0v) is 14.7. The number of aromatic nitrogens is 2. The van der Waals surface area contributed by atoms with Crippen LogP contribution in [0.5, 0.6) is 0 Å². The van der Waals surface area contributed by atoms with E-state index >= 15 is 0 Å². The Kier molecular flexibility index (Phi) is 5.86. The number of carbonyl (C=O) groups excluding carboxylic acids is 1. The van der Waals surface area contributed by atoms with Crippen molar-refractivity contribution in [3.05, 3.63) is 18.0 Å². The van der Waals surface area contributed by atoms with Crippen molar-refractivity contribution in [2.45, 2.75) is 37.9 Å². The van der Waals surface area contributed by atoms with Crippen LogP contribution < -0.4 is 0 Å². The van der Waals surface area contributed by atoms with Crippen LogP contribution in [0.3, 0.4) is 0 Å². The first-order chi connectivity index (χ1) is 11.6. The van der Waals surface area contributed by atoms with Gasteiger partial charge in [-0.3, -0.25) is 14.4 Å². The standard InChI is InChI=1S/C17H28N4O3/c1-19(2)17(22)13-24-10-6-16-12-20(14-4-8-23-9-5-14)11-15-3-7-18-21(15)16/h3,7,14,16H,4-6,8-13H2,1-2H3/t16-/m0/s1. The molecule has 0 bridgehead atoms. The monoisotopic (exact) mass is 336 g/mol. The minimum atomic E-state index is 0.00209. The molecule has 1 aromatic heterocycles. The van der Waals surface area contributed by atoms with Crippen LogP contribution in [0.25, 0.3) is 0 Å². The van der Waals surface area contributed by atoms with Gasteiger partial charge in [-0.05, 0) is 25.3 Å². The van der Waals surface area contributed by atoms with E-state index in [2.05, 4.69) is 20.7 Å². The first kappa shape index (κ1) is 17.4. The SMILES string of the molecule is CN(C)C(=O)COCC[C@H]1CN(C2CCOCC2)Cc2ccnn21. The second kappa shape index (κ2) is 8.09. The molecule has 3 rings (SSSR count). The van der Waals surface area contributed by atoms with E-state index in [-0.39, 0.29) is 12.5 Å². The summed E-state index contributed by atoms with van der Waals surface area (Å²) in [5.41, 5.74) is 1.27. The highest BCUT2D eigenvalue weighted by atomic mass is 16.5. The Labute approximate surface area is 143 Å². The molecule has 1 fully saturated rings. The molecule has 0 spiro atoms. The van der Waals surface area contributed by atoms with Crippen molar-refractivity contribution in [3.8, 4) is 0 Å². The van der Waals surface area contributed by atoms with Gasteiger partial charge in [-0.25, -0.2) is 0 Å². The lowest BCUT2D eigenvalue weighted by Gasteiger charge is -2.40. The average Bonchev–Trinajstić information content (AvgIpc) is 3.07. The highest BCUT2D eigenvalue weighted by molar-refractivity contribution is 5.76. The van der Waals surface area contributed by atoms with Gasteiger partial charge in [0.05, 0.1) is 11.7 Å². The van der Waals surface area contributed by atoms with E-state index in [0.29, 0.717) is 18.7 Å². The molecule has 1 aromatic rings. The van der Waals surface area contributed by atoms with E-state index in [1.165, 1.54) is 5.69 Å². The molecule has 24 heavy (non-hydrogen) atoms. The van der Waals surface area contributed by atoms with Crippen LogP contribution in [-0.4, -0.2) is 78.6 Å². The highest BCUT2D eigenvalue weighted by Crippen LogP contribution is 2.27. The molecular weight excluding hydrogens is 308 g/mol. The number of hydrogen-bond donors (Lipinski definition) is 0. The Bertz CT molecular complexity index is 540. The molecule has 2 aliphatic rings. The van der Waals surface area contributed by atoms with Gasteiger partial charge in [0.25, 0.3) is 0 Å². The molecule has 2 aliphatic heterocycles. The fourth-order valence-corrected chi connectivity index (χ4v) is 3.47. The van der Waals surface area contributed by atoms with Crippen molar-refractivity contribution in [3.63, 3.8) is 0 Å². The third kappa shape index (κ3) is 4.15. The molecular formula is C17H28N4O3. The molecule has 7 heteroatoms. The van der Waals surface area contributed by atoms with E-state index in [1.807, 2.05) is 6.20 Å². The lowest BCUT2D eigenvalue weighted by molar-refractivity contribution is -0.133. The van der Waals surface area contributed by atoms with Gasteiger partial charge in [-0.1, -0.05) is 0 Å². The van der Waals surface area contributed by atoms with Crippen LogP contribution in [0.15, 0.2) is 12.3 Å². The lowest BCUT2D eigenvalue weighted by Crippen LogP contribution is -2.46. The van der Waals surface area contributed by atoms with Crippen molar-refractivity contribution in [2.75, 3.05) is 47.1 Å². The van der Waals surface area contributed by atoms with Crippen LogP contribution in [0.1, 0.15) is 31.0 Å². The van der Waals surface area contributed by atoms with E-state index in [4.69, 9.17) is 9.47 Å². The zero-order valence-electron chi connectivity index (χ0n) is 14.7. The van der Waals surface area contributed by atoms with Crippen LogP contribution in [0.2, 0.25) is 0 Å². The van der Waals surface area contributed by atoms with Crippen LogP contribution in [-0.2, 0) is 20.8 Å². The Morgan fingerprint density at radius 3 is 2.96 bits per heavy atom. The summed E-state index contributed by atoms with van der Waals surface area (Å²) in [6, 6.07) is 3.01. The Balaban J connectivity index is 1.55. The van der Waals surface area contributed by atoms with Crippen molar-refractivity contribution >= 4 is 5.91 Å². The fourth-order valence-electron chi connectivity index (χ4n) is 3.47. The maximum atomic E-state index is 11.6. The molecule has 3 heterocycles. The minimum absolute atomic E-state index is 0.00209. The third-order valence-corrected chi connectivity index (χ3v) is 4.94. The maximum absolute atomic E-state index is 11.6. The van der Waals surface area contributed by atoms with Gasteiger partial charge in [-0.2, -0.15) is 5.10 Å². The molecule has 1 saturated heterocycles. The number of likely N-dealkylation sites (N-methyl/N-ethyl adjacent to an activating group) is 1. The summed E-state index contributed by atoms with van der Waals surface area (Å²) in [7, 11) is 3.49. The predicted octanol–water partition coefficient (Wildman–Crippen LogP) is 0.914. The second-order valence-corrected chi connectivity index (χ2v) is 6.82. The van der Waals surface area contributed by atoms with Crippen molar-refractivity contribution in [1.82, 2.24) is 19.6 Å². The van der Waals surface area contributed by atoms with Gasteiger partial charge in [0.15, 0.2) is 0 Å². The smallest absolute Gasteiger partial charge is 0.248 e. The molecule has 134 valence electrons. The predicted molar refractivity (Wildman–Crippen MR) is 89.6 cm³/mol. The van der Waals surface area contributed by atoms with Gasteiger partial charge in [0.1, 0.15) is 6.61 Å². The van der Waals surface area contributed by atoms with Gasteiger partial charge < -0.3 is 14.4 Å². The Morgan fingerprint density at radius 1 is 1.42 bits per heavy atom. The largest absolute Gasteiger partial charge is 0.381 e. The van der Waals surface area contributed by atoms with Crippen LogP contribution in [0, 0.1) is 0 Å². The quantitative estimate of drug-likeness (QED) is 0.723. The molecule has 0 unspecified atom stereocenters. The second-order valence-electron chi connectivity index (χ2n) is 6.82. The number of fused-ring (bicyclic) bond motifs is 1. The number of ether oxygens (including phenoxy) is 2. The van der Waals surface area contributed by atoms with Crippen molar-refractivity contribution in [2.24, 2.45) is 0 Å². The van der Waals surface area contributed by atoms with E-state index in [1.54, 1.807) is 19.0 Å². The van der Waals surface area contributed by atoms with Crippen LogP contribution in [0.4, 0.5) is 0 Å². The minimum Gasteiger partial charge on any atom is -0.381 e. The number of rotatable bonds is 6. The maximum Gasteiger partial charge on any atom is 0.248 e. The highest BCUT2D eigenvalue weighted by Gasteiger charge is 2.30. The van der Waals surface area contributed by atoms with E-state index < -0.39 is 0 Å². The molecule has 0 radical (unpaired) electrons. The average molecular weight is 336 g/mol. The molecule has 0 aliphatic carbocycles. The molecule has 1 amide bonds. The summed E-state index contributed by atoms with van der Waals surface area (Å²) in [5, 5.41) is 4.49. The Morgan fingerprint density at radius 2 is 2.21 bits per heavy atom. The normalized spacial score (nSPS) is 22.3. The zero-order chi connectivity index (χ0) is 16.9. The van der Waals surface area contributed by atoms with Crippen LogP contribution >= 0.6 is 0 Å². The number of nitrogens with zero attached hydrogens (tertiary/aromatic N) is 4. The summed E-state index contributed by atoms with van der Waals surface area (Å²) in [6.07, 6.45) is 4.96. The van der Waals surface area contributed by atoms with Gasteiger partial charge in [0.2, 0.25) is 5.91 Å². The summed E-state index contributed by atoms with van der Waals surface area (Å²) < 4.78 is 13.2. The van der Waals surface area contributed by atoms with Gasteiger partial charge >= 0.3 is 0 Å². The molecule has 1 atom stereocenters. The van der Waals surface area contributed by atoms with E-state index in [0.717, 1.165) is 45.6 Å². The van der Waals surface area contributed by atoms with Gasteiger partial charge in [0, 0.05) is 59.2 Å². The number of carbonyl (C=O) groups is 1. The third-order valence-electron chi connectivity index (χ3n) is 4.94. The lowest BCUT2D eigenvalue weighted by atomic mass is 10.0. The summed E-state index contributed by atoms with van der Waals surface area (Å²) in [5.74, 6) is 0.00209. The summed E-state index contributed by atoms with van der Waals surface area (Å²) in [6.45, 7) is 4.40. The number of hydrogen-bond acceptors (Lipinski definition) is 5. The van der Waals surface area contributed by atoms with Gasteiger partial charge in [-0.15, -0.1) is 0 Å². The Hall–Kier alpha value is -1.44. The topological polar surface area (TPSA) is 59.8 Å². The molecule has 0 saturated carbocycles. The molecule has 0 aromatic carbocycles. The van der Waals surface area contributed by atoms with E-state index in [9.17, 15) is 4.79 Å². The molecule has 0 N–H and O–H groups in total. The number of amides is 1.